The predicted octanol–water partition coefficient (Wildman–Crippen LogP) is 3.79. The highest BCUT2D eigenvalue weighted by atomic mass is 16.5. The molecule has 1 aliphatic heterocycles. The predicted molar refractivity (Wildman–Crippen MR) is 106 cm³/mol. The molecular formula is C21H24N2O5. The average Bonchev–Trinajstić information content (AvgIpc) is 2.72. The van der Waals surface area contributed by atoms with Gasteiger partial charge in [0, 0.05) is 23.5 Å². The molecule has 3 rings (SSSR count). The number of amides is 2. The van der Waals surface area contributed by atoms with Gasteiger partial charge in [-0.05, 0) is 37.1 Å². The first-order valence-corrected chi connectivity index (χ1v) is 8.99. The Morgan fingerprint density at radius 3 is 2.43 bits per heavy atom. The van der Waals surface area contributed by atoms with E-state index in [4.69, 9.17) is 14.2 Å². The van der Waals surface area contributed by atoms with E-state index in [1.807, 2.05) is 31.2 Å². The van der Waals surface area contributed by atoms with Gasteiger partial charge in [0.1, 0.15) is 0 Å². The summed E-state index contributed by atoms with van der Waals surface area (Å²) in [4.78, 5) is 26.9. The first kappa shape index (κ1) is 19.5. The highest BCUT2D eigenvalue weighted by Gasteiger charge is 2.37. The van der Waals surface area contributed by atoms with Gasteiger partial charge in [-0.25, -0.2) is 4.79 Å². The zero-order chi connectivity index (χ0) is 20.3. The van der Waals surface area contributed by atoms with Crippen molar-refractivity contribution < 1.29 is 23.8 Å². The van der Waals surface area contributed by atoms with E-state index < -0.39 is 0 Å². The van der Waals surface area contributed by atoms with Gasteiger partial charge in [0.05, 0.1) is 27.2 Å². The van der Waals surface area contributed by atoms with Crippen molar-refractivity contribution in [3.63, 3.8) is 0 Å². The second-order valence-electron chi connectivity index (χ2n) is 6.59. The quantitative estimate of drug-likeness (QED) is 0.812. The first-order valence-electron chi connectivity index (χ1n) is 8.99. The number of carbonyl (C=O) groups is 2. The highest BCUT2D eigenvalue weighted by molar-refractivity contribution is 6.04. The lowest BCUT2D eigenvalue weighted by molar-refractivity contribution is -0.142. The summed E-state index contributed by atoms with van der Waals surface area (Å²) in [6.45, 7) is 1.92. The zero-order valence-electron chi connectivity index (χ0n) is 16.4. The van der Waals surface area contributed by atoms with Crippen LogP contribution < -0.4 is 19.7 Å². The Bertz CT molecular complexity index is 883. The number of urea groups is 1. The van der Waals surface area contributed by atoms with Crippen molar-refractivity contribution >= 4 is 23.4 Å². The minimum absolute atomic E-state index is 0.181. The number of para-hydroxylation sites is 1. The monoisotopic (exact) mass is 384 g/mol. The molecule has 2 atom stereocenters. The summed E-state index contributed by atoms with van der Waals surface area (Å²) in [7, 11) is 4.48. The maximum atomic E-state index is 13.1. The van der Waals surface area contributed by atoms with Gasteiger partial charge in [-0.2, -0.15) is 0 Å². The Morgan fingerprint density at radius 1 is 1.04 bits per heavy atom. The van der Waals surface area contributed by atoms with Crippen LogP contribution in [0, 0.1) is 0 Å². The summed E-state index contributed by atoms with van der Waals surface area (Å²) < 4.78 is 15.5. The molecule has 148 valence electrons. The zero-order valence-corrected chi connectivity index (χ0v) is 16.4. The lowest BCUT2D eigenvalue weighted by Gasteiger charge is -2.38. The number of benzene rings is 2. The molecule has 0 bridgehead atoms. The van der Waals surface area contributed by atoms with E-state index in [1.54, 1.807) is 37.3 Å². The highest BCUT2D eigenvalue weighted by Crippen LogP contribution is 2.39. The van der Waals surface area contributed by atoms with Crippen LogP contribution in [0.3, 0.4) is 0 Å². The SMILES string of the molecule is COC(=O)C1CC(C)N(C(=O)Nc2ccc(OC)c(OC)c2)c2ccccc21. The molecule has 0 radical (unpaired) electrons. The molecule has 7 heteroatoms. The van der Waals surface area contributed by atoms with Crippen LogP contribution in [-0.4, -0.2) is 39.4 Å². The minimum atomic E-state index is -0.388. The number of carbonyl (C=O) groups excluding carboxylic acids is 2. The van der Waals surface area contributed by atoms with Crippen molar-refractivity contribution in [1.29, 1.82) is 0 Å². The number of methoxy groups -OCH3 is 3. The summed E-state index contributed by atoms with van der Waals surface area (Å²) in [5, 5.41) is 2.90. The topological polar surface area (TPSA) is 77.1 Å². The van der Waals surface area contributed by atoms with Crippen molar-refractivity contribution in [3.8, 4) is 11.5 Å². The van der Waals surface area contributed by atoms with Gasteiger partial charge < -0.3 is 19.5 Å². The molecule has 2 amide bonds. The van der Waals surface area contributed by atoms with E-state index in [9.17, 15) is 9.59 Å². The van der Waals surface area contributed by atoms with Crippen LogP contribution in [0.15, 0.2) is 42.5 Å². The Morgan fingerprint density at radius 2 is 1.75 bits per heavy atom. The van der Waals surface area contributed by atoms with Crippen molar-refractivity contribution in [2.45, 2.75) is 25.3 Å². The van der Waals surface area contributed by atoms with Crippen molar-refractivity contribution in [2.24, 2.45) is 0 Å². The number of nitrogens with zero attached hydrogens (tertiary/aromatic N) is 1. The summed E-state index contributed by atoms with van der Waals surface area (Å²) in [6.07, 6.45) is 0.489. The van der Waals surface area contributed by atoms with Crippen molar-refractivity contribution in [2.75, 3.05) is 31.5 Å². The van der Waals surface area contributed by atoms with Gasteiger partial charge in [0.25, 0.3) is 0 Å². The van der Waals surface area contributed by atoms with Crippen LogP contribution in [-0.2, 0) is 9.53 Å². The molecule has 1 aliphatic rings. The number of hydrogen-bond acceptors (Lipinski definition) is 5. The summed E-state index contributed by atoms with van der Waals surface area (Å²) in [5.74, 6) is 0.428. The molecule has 0 fully saturated rings. The molecule has 28 heavy (non-hydrogen) atoms. The van der Waals surface area contributed by atoms with Crippen LogP contribution in [0.5, 0.6) is 11.5 Å². The summed E-state index contributed by atoms with van der Waals surface area (Å²) >= 11 is 0. The standard InChI is InChI=1S/C21H24N2O5/c1-13-11-16(20(24)28-4)15-7-5-6-8-17(15)23(13)21(25)22-14-9-10-18(26-2)19(12-14)27-3/h5-10,12-13,16H,11H2,1-4H3,(H,22,25). The van der Waals surface area contributed by atoms with E-state index in [2.05, 4.69) is 5.32 Å². The Balaban J connectivity index is 1.90. The summed E-state index contributed by atoms with van der Waals surface area (Å²) in [5.41, 5.74) is 2.08. The number of anilines is 2. The van der Waals surface area contributed by atoms with E-state index >= 15 is 0 Å². The average molecular weight is 384 g/mol. The third kappa shape index (κ3) is 3.60. The molecule has 7 nitrogen and oxygen atoms in total. The molecule has 0 saturated carbocycles. The van der Waals surface area contributed by atoms with Crippen LogP contribution in [0.25, 0.3) is 0 Å². The van der Waals surface area contributed by atoms with Crippen molar-refractivity contribution in [3.05, 3.63) is 48.0 Å². The van der Waals surface area contributed by atoms with Gasteiger partial charge in [-0.3, -0.25) is 9.69 Å². The maximum Gasteiger partial charge on any atom is 0.326 e. The molecule has 2 aromatic rings. The maximum absolute atomic E-state index is 13.1. The molecule has 1 N–H and O–H groups in total. The molecule has 2 unspecified atom stereocenters. The third-order valence-corrected chi connectivity index (χ3v) is 4.93. The number of hydrogen-bond donors (Lipinski definition) is 1. The summed E-state index contributed by atoms with van der Waals surface area (Å²) in [6, 6.07) is 12.1. The smallest absolute Gasteiger partial charge is 0.326 e. The molecule has 0 saturated heterocycles. The fourth-order valence-electron chi connectivity index (χ4n) is 3.59. The Labute approximate surface area is 164 Å². The fourth-order valence-corrected chi connectivity index (χ4v) is 3.59. The number of fused-ring (bicyclic) bond motifs is 1. The van der Waals surface area contributed by atoms with E-state index in [0.717, 1.165) is 5.56 Å². The molecule has 0 aromatic heterocycles. The minimum Gasteiger partial charge on any atom is -0.493 e. The number of nitrogens with one attached hydrogen (secondary N) is 1. The van der Waals surface area contributed by atoms with Crippen molar-refractivity contribution in [1.82, 2.24) is 0 Å². The van der Waals surface area contributed by atoms with Crippen LogP contribution in [0.1, 0.15) is 24.8 Å². The number of esters is 1. The van der Waals surface area contributed by atoms with Gasteiger partial charge in [0.2, 0.25) is 0 Å². The van der Waals surface area contributed by atoms with Crippen LogP contribution in [0.2, 0.25) is 0 Å². The Kier molecular flexibility index (Phi) is 5.73. The first-order chi connectivity index (χ1) is 13.5. The molecule has 2 aromatic carbocycles. The molecule has 1 heterocycles. The number of rotatable bonds is 4. The van der Waals surface area contributed by atoms with E-state index in [-0.39, 0.29) is 24.0 Å². The normalized spacial score (nSPS) is 18.1. The fraction of sp³-hybridized carbons (Fsp3) is 0.333. The van der Waals surface area contributed by atoms with Gasteiger partial charge in [-0.15, -0.1) is 0 Å². The lowest BCUT2D eigenvalue weighted by Crippen LogP contribution is -2.46. The number of ether oxygens (including phenoxy) is 3. The van der Waals surface area contributed by atoms with Crippen LogP contribution in [0.4, 0.5) is 16.2 Å². The third-order valence-electron chi connectivity index (χ3n) is 4.93. The second-order valence-corrected chi connectivity index (χ2v) is 6.59. The van der Waals surface area contributed by atoms with E-state index in [1.165, 1.54) is 7.11 Å². The molecular weight excluding hydrogens is 360 g/mol. The van der Waals surface area contributed by atoms with E-state index in [0.29, 0.717) is 29.3 Å². The van der Waals surface area contributed by atoms with Gasteiger partial charge in [-0.1, -0.05) is 18.2 Å². The molecule has 0 aliphatic carbocycles. The Hall–Kier alpha value is -3.22. The van der Waals surface area contributed by atoms with Gasteiger partial charge in [0.15, 0.2) is 11.5 Å². The second kappa shape index (κ2) is 8.21. The largest absolute Gasteiger partial charge is 0.493 e. The lowest BCUT2D eigenvalue weighted by atomic mass is 9.86. The molecule has 0 spiro atoms. The van der Waals surface area contributed by atoms with Crippen LogP contribution >= 0.6 is 0 Å². The van der Waals surface area contributed by atoms with Gasteiger partial charge >= 0.3 is 12.0 Å².